The molecule has 8 heterocycles. The van der Waals surface area contributed by atoms with Crippen LogP contribution in [0, 0.1) is 0 Å². The van der Waals surface area contributed by atoms with Gasteiger partial charge in [0.05, 0.1) is 108 Å². The molecule has 140 heavy (non-hydrogen) atoms. The van der Waals surface area contributed by atoms with Gasteiger partial charge in [0.15, 0.2) is 0 Å². The predicted molar refractivity (Wildman–Crippen MR) is 594 cm³/mol. The smallest absolute Gasteiger partial charge is 0.252 e. The van der Waals surface area contributed by atoms with E-state index in [1.165, 1.54) is 9.13 Å². The molecular weight excluding hydrogens is 1690 g/mol. The molecule has 20 aromatic carbocycles. The number of fused-ring (bicyclic) bond motifs is 32. The van der Waals surface area contributed by atoms with Crippen molar-refractivity contribution in [2.75, 3.05) is 9.80 Å². The number of aromatic nitrogens is 5. The number of benzene rings is 20. The molecule has 664 valence electrons. The Bertz CT molecular complexity index is 10800. The van der Waals surface area contributed by atoms with Gasteiger partial charge in [-0.05, 0) is 276 Å². The Morgan fingerprint density at radius 3 is 0.879 bits per heavy atom. The maximum Gasteiger partial charge on any atom is 0.252 e. The van der Waals surface area contributed by atoms with Gasteiger partial charge in [-0.1, -0.05) is 311 Å². The van der Waals surface area contributed by atoms with Crippen molar-refractivity contribution in [1.29, 1.82) is 0 Å². The molecule has 8 heteroatoms. The van der Waals surface area contributed by atoms with Crippen molar-refractivity contribution in [1.82, 2.24) is 22.8 Å². The third-order valence-corrected chi connectivity index (χ3v) is 28.6. The molecule has 0 fully saturated rings. The maximum atomic E-state index is 11.0. The fourth-order valence-electron chi connectivity index (χ4n) is 21.9. The largest absolute Gasteiger partial charge is 0.310 e. The second kappa shape index (κ2) is 30.3. The van der Waals surface area contributed by atoms with Crippen LogP contribution < -0.4 is 26.2 Å². The van der Waals surface area contributed by atoms with Crippen molar-refractivity contribution in [2.45, 2.75) is 78.6 Å². The van der Waals surface area contributed by atoms with E-state index in [4.69, 9.17) is 5.48 Å². The van der Waals surface area contributed by atoms with E-state index in [0.29, 0.717) is 72.8 Å². The topological polar surface area (TPSA) is 31.1 Å². The first kappa shape index (κ1) is 56.6. The quantitative estimate of drug-likeness (QED) is 0.149. The number of rotatable bonds is 7. The van der Waals surface area contributed by atoms with Gasteiger partial charge in [-0.3, -0.25) is 0 Å². The van der Waals surface area contributed by atoms with Crippen molar-refractivity contribution in [2.24, 2.45) is 0 Å². The Balaban J connectivity index is 0.829. The molecule has 0 atom stereocenters. The molecule has 0 saturated carbocycles. The van der Waals surface area contributed by atoms with E-state index >= 15 is 0 Å². The maximum absolute atomic E-state index is 11.0. The van der Waals surface area contributed by atoms with E-state index in [2.05, 4.69) is 234 Å². The number of anilines is 6. The van der Waals surface area contributed by atoms with E-state index in [-0.39, 0.29) is 55.0 Å². The van der Waals surface area contributed by atoms with Crippen LogP contribution in [0.5, 0.6) is 0 Å². The summed E-state index contributed by atoms with van der Waals surface area (Å²) in [5.41, 5.74) is 13.3. The fourth-order valence-corrected chi connectivity index (χ4v) is 21.9. The standard InChI is InChI=1S/C132H98BN7/c1-130(2,3)89-71-103(81-33-13-10-14-34-81)128-105(73-89)87-39-31-37-83(67-87)85-55-63-119-107(69-85)108-70-86(56-64-120(108)134(119)92-41-17-12-18-42-92)84-38-32-40-88(68-84)106-74-90(131(4,5)6)72-104(82-35-15-11-16-36-82)129(106)140-124-80-96(138-118-54-30-24-48-102(118)110-78-94(60-66-122(110)138)136-115-51-27-21-45-99(115)100-46-22-28-52-116(100)136)58-62-112(124)133-111-61-57-95(79-123(111)139(128)125-75-91(132(7,8)9)76-126(140)127(125)133)137-117-53-29-23-47-101(117)109-77-93(59-65-121(109)137)135-113-49-25-19-43-97(113)98-44-20-26-50-114(98)135/h10-80H,1-9H3/i19D,20D,21D,22D,23D,24D,25D,26D,27D,28D,29D,30D,43D,44D,45D,46D,47D,48D,49D,50D,51D,52D,53D,54D,59D,60D,65D,66D,77D,78D. The van der Waals surface area contributed by atoms with Crippen LogP contribution in [0.1, 0.15) is 120 Å². The van der Waals surface area contributed by atoms with Crippen molar-refractivity contribution in [3.05, 3.63) is 447 Å². The summed E-state index contributed by atoms with van der Waals surface area (Å²) in [6, 6.07) is 62.3. The summed E-state index contributed by atoms with van der Waals surface area (Å²) in [7, 11) is 0. The summed E-state index contributed by atoms with van der Waals surface area (Å²) in [6.07, 6.45) is 0. The lowest BCUT2D eigenvalue weighted by molar-refractivity contribution is 0.590. The van der Waals surface area contributed by atoms with Gasteiger partial charge in [-0.25, -0.2) is 0 Å². The van der Waals surface area contributed by atoms with Crippen molar-refractivity contribution in [3.63, 3.8) is 0 Å². The van der Waals surface area contributed by atoms with E-state index in [1.807, 2.05) is 78.9 Å². The summed E-state index contributed by atoms with van der Waals surface area (Å²) in [4.78, 5) is 4.54. The lowest BCUT2D eigenvalue weighted by Gasteiger charge is -2.47. The van der Waals surface area contributed by atoms with Gasteiger partial charge >= 0.3 is 0 Å². The molecule has 0 spiro atoms. The van der Waals surface area contributed by atoms with Crippen LogP contribution >= 0.6 is 0 Å². The van der Waals surface area contributed by atoms with E-state index in [1.54, 1.807) is 12.1 Å². The monoisotopic (exact) mass is 1820 g/mol. The van der Waals surface area contributed by atoms with Gasteiger partial charge in [0, 0.05) is 127 Å². The third-order valence-electron chi connectivity index (χ3n) is 28.6. The lowest BCUT2D eigenvalue weighted by Crippen LogP contribution is -2.61. The molecule has 3 aliphatic heterocycles. The SMILES string of the molecule is [2H]c1c([2H])c([2H])c2c(c1[2H])c1c([2H])c(-n3c4c([2H])c([2H])c([2H])c([2H])c4c4c([2H])c([2H])c([2H])c([2H])c43)c([2H])c([2H])c1n2-c1ccc2c(c1)N1c3cc(C(C)(C)C)cc4c3B2c2ccc(-n3c5c([2H])c([2H])c([2H])c([2H])c5c5c([2H])c(-n6c7c([2H])c([2H])c([2H])c([2H])c7c7c([2H])c([2H])c([2H])c([2H])c76)c([2H])c([2H])c53)cc2N4c2c(-c3ccccc3)cc(C(C)(C)C)cc2-c2cccc(c2)-c2ccc3c(c2)c2cc(ccc2n3-c2ccccc2)-c2cccc(c2)-c2cc(C(C)(C)C)cc(-c3ccccc3)c21. The van der Waals surface area contributed by atoms with Gasteiger partial charge in [0.1, 0.15) is 0 Å². The van der Waals surface area contributed by atoms with Gasteiger partial charge in [0.2, 0.25) is 0 Å². The van der Waals surface area contributed by atoms with Crippen LogP contribution in [0.25, 0.3) is 204 Å². The van der Waals surface area contributed by atoms with Crippen LogP contribution in [0.3, 0.4) is 0 Å². The average Bonchev–Trinajstić information content (AvgIpc) is 1.14. The molecular formula is C132H98BN7. The molecule has 0 radical (unpaired) electrons. The zero-order valence-corrected chi connectivity index (χ0v) is 77.4. The zero-order valence-electron chi connectivity index (χ0n) is 107. The summed E-state index contributed by atoms with van der Waals surface area (Å²) in [5, 5.41) is -1.06. The number of para-hydroxylation sites is 7. The molecule has 0 N–H and O–H groups in total. The molecule has 7 nitrogen and oxygen atoms in total. The van der Waals surface area contributed by atoms with E-state index in [9.17, 15) is 35.6 Å². The molecule has 25 aromatic rings. The molecule has 0 saturated heterocycles. The lowest BCUT2D eigenvalue weighted by atomic mass is 9.33. The summed E-state index contributed by atoms with van der Waals surface area (Å²) in [6.45, 7) is 18.3. The van der Waals surface area contributed by atoms with Crippen molar-refractivity contribution in [3.8, 4) is 95.2 Å². The Morgan fingerprint density at radius 1 is 0.207 bits per heavy atom. The third kappa shape index (κ3) is 12.3. The van der Waals surface area contributed by atoms with Crippen LogP contribution in [0.4, 0.5) is 34.1 Å². The molecule has 13 bridgehead atoms. The zero-order chi connectivity index (χ0) is 120. The first-order valence-electron chi connectivity index (χ1n) is 61.9. The molecule has 3 aliphatic rings. The predicted octanol–water partition coefficient (Wildman–Crippen LogP) is 33.5. The number of nitrogens with zero attached hydrogens (tertiary/aromatic N) is 7. The highest BCUT2D eigenvalue weighted by molar-refractivity contribution is 7.00. The van der Waals surface area contributed by atoms with Crippen LogP contribution in [-0.2, 0) is 16.2 Å². The number of hydrogen-bond acceptors (Lipinski definition) is 2. The molecule has 0 aliphatic carbocycles. The van der Waals surface area contributed by atoms with E-state index < -0.39 is 259 Å². The van der Waals surface area contributed by atoms with E-state index in [0.717, 1.165) is 97.8 Å². The summed E-state index contributed by atoms with van der Waals surface area (Å²) >= 11 is 0. The van der Waals surface area contributed by atoms with Crippen LogP contribution in [0.2, 0.25) is 0 Å². The minimum Gasteiger partial charge on any atom is -0.310 e. The molecule has 5 aromatic heterocycles. The molecule has 0 amide bonds. The fraction of sp³-hybridized carbons (Fsp3) is 0.0909. The van der Waals surface area contributed by atoms with Crippen molar-refractivity contribution < 1.29 is 41.1 Å². The van der Waals surface area contributed by atoms with Gasteiger partial charge in [0.25, 0.3) is 6.71 Å². The summed E-state index contributed by atoms with van der Waals surface area (Å²) in [5.74, 6) is 0. The minimum absolute atomic E-state index is 0.0879. The van der Waals surface area contributed by atoms with Crippen LogP contribution in [-0.4, -0.2) is 29.5 Å². The second-order valence-corrected chi connectivity index (χ2v) is 39.7. The van der Waals surface area contributed by atoms with Gasteiger partial charge in [-0.15, -0.1) is 0 Å². The Labute approximate surface area is 856 Å². The van der Waals surface area contributed by atoms with Gasteiger partial charge < -0.3 is 32.6 Å². The normalized spacial score (nSPS) is 16.0. The second-order valence-electron chi connectivity index (χ2n) is 39.7. The first-order valence-corrected chi connectivity index (χ1v) is 46.9. The Morgan fingerprint density at radius 2 is 0.507 bits per heavy atom. The van der Waals surface area contributed by atoms with Crippen LogP contribution in [0.15, 0.2) is 430 Å². The first-order chi connectivity index (χ1) is 80.8. The van der Waals surface area contributed by atoms with Crippen molar-refractivity contribution >= 4 is 166 Å². The average molecular weight is 1820 g/mol. The minimum atomic E-state index is -1.05. The highest BCUT2D eigenvalue weighted by Crippen LogP contribution is 2.58. The Kier molecular flexibility index (Phi) is 12.2. The Hall–Kier alpha value is -16.9. The molecule has 28 rings (SSSR count). The number of hydrogen-bond donors (Lipinski definition) is 0. The summed E-state index contributed by atoms with van der Waals surface area (Å²) < 4.78 is 303. The molecule has 0 unspecified atom stereocenters. The highest BCUT2D eigenvalue weighted by atomic mass is 15.2. The van der Waals surface area contributed by atoms with Gasteiger partial charge in [-0.2, -0.15) is 0 Å². The highest BCUT2D eigenvalue weighted by Gasteiger charge is 2.47.